The van der Waals surface area contributed by atoms with E-state index in [1.165, 1.54) is 7.11 Å². The van der Waals surface area contributed by atoms with Crippen molar-refractivity contribution in [2.24, 2.45) is 22.4 Å². The van der Waals surface area contributed by atoms with E-state index in [0.717, 1.165) is 12.8 Å². The molecule has 0 unspecified atom stereocenters. The van der Waals surface area contributed by atoms with Gasteiger partial charge in [0.2, 0.25) is 5.91 Å². The van der Waals surface area contributed by atoms with Gasteiger partial charge in [-0.25, -0.2) is 4.79 Å². The molecule has 4 fully saturated rings. The van der Waals surface area contributed by atoms with Gasteiger partial charge in [0, 0.05) is 4.91 Å². The third-order valence-corrected chi connectivity index (χ3v) is 8.28. The second-order valence-corrected chi connectivity index (χ2v) is 12.1. The van der Waals surface area contributed by atoms with E-state index < -0.39 is 36.1 Å². The molecule has 1 amide bonds. The Labute approximate surface area is 218 Å². The van der Waals surface area contributed by atoms with Crippen LogP contribution in [0.5, 0.6) is 5.75 Å². The monoisotopic (exact) mass is 512 g/mol. The summed E-state index contributed by atoms with van der Waals surface area (Å²) in [6.45, 7) is 11.8. The molecular weight excluding hydrogens is 475 g/mol. The number of hydrogen-bond acceptors (Lipinski definition) is 7. The van der Waals surface area contributed by atoms with Gasteiger partial charge in [0.1, 0.15) is 23.5 Å². The molecule has 10 nitrogen and oxygen atoms in total. The predicted molar refractivity (Wildman–Crippen MR) is 138 cm³/mol. The SMILES string of the molecule is COc1c(C[C@H](NC(=O)CN=[N+]=[N-])B2O[C@@H]3C[C@@H]4C[C@@H](C4(C)C)[C@]3(C)O2)cccc1C(=O)OC(C)(C)C. The maximum atomic E-state index is 12.9. The first kappa shape index (κ1) is 27.3. The maximum absolute atomic E-state index is 12.9. The molecule has 37 heavy (non-hydrogen) atoms. The van der Waals surface area contributed by atoms with E-state index in [9.17, 15) is 9.59 Å². The fourth-order valence-electron chi connectivity index (χ4n) is 6.35. The van der Waals surface area contributed by atoms with E-state index in [2.05, 4.69) is 36.1 Å². The van der Waals surface area contributed by atoms with E-state index in [4.69, 9.17) is 24.3 Å². The molecule has 0 spiro atoms. The van der Waals surface area contributed by atoms with Crippen molar-refractivity contribution < 1.29 is 28.4 Å². The predicted octanol–water partition coefficient (Wildman–Crippen LogP) is 4.26. The summed E-state index contributed by atoms with van der Waals surface area (Å²) in [5.74, 6) is -0.228. The van der Waals surface area contributed by atoms with Gasteiger partial charge < -0.3 is 24.1 Å². The lowest BCUT2D eigenvalue weighted by Gasteiger charge is -2.64. The zero-order valence-corrected chi connectivity index (χ0v) is 22.7. The molecule has 3 aliphatic carbocycles. The number of methoxy groups -OCH3 is 1. The van der Waals surface area contributed by atoms with Crippen LogP contribution in [-0.2, 0) is 25.3 Å². The molecule has 0 aromatic heterocycles. The van der Waals surface area contributed by atoms with E-state index in [1.807, 2.05) is 6.07 Å². The molecule has 4 aliphatic rings. The van der Waals surface area contributed by atoms with Crippen LogP contribution in [-0.4, -0.2) is 55.9 Å². The van der Waals surface area contributed by atoms with Crippen LogP contribution in [0, 0.1) is 17.3 Å². The minimum atomic E-state index is -0.713. The Morgan fingerprint density at radius 3 is 2.65 bits per heavy atom. The van der Waals surface area contributed by atoms with E-state index in [-0.39, 0.29) is 24.5 Å². The summed E-state index contributed by atoms with van der Waals surface area (Å²) in [6, 6.07) is 5.24. The lowest BCUT2D eigenvalue weighted by Crippen LogP contribution is -2.65. The molecule has 1 aromatic carbocycles. The van der Waals surface area contributed by atoms with Gasteiger partial charge >= 0.3 is 13.1 Å². The Morgan fingerprint density at radius 1 is 1.30 bits per heavy atom. The molecule has 200 valence electrons. The highest BCUT2D eigenvalue weighted by molar-refractivity contribution is 6.48. The molecule has 1 N–H and O–H groups in total. The van der Waals surface area contributed by atoms with Crippen molar-refractivity contribution in [2.75, 3.05) is 13.7 Å². The number of nitrogens with one attached hydrogen (secondary N) is 1. The highest BCUT2D eigenvalue weighted by Gasteiger charge is 2.68. The standard InChI is InChI=1S/C26H37BN4O6/c1-24(2,3)35-23(33)17-10-8-9-15(22(17)34-7)11-20(30-21(32)14-29-31-28)27-36-19-13-16-12-18(25(16,4)5)26(19,6)37-27/h8-10,16,18-20H,11-14H2,1-7H3,(H,30,32)/t16-,18-,19+,20-,26-/m0/s1. The van der Waals surface area contributed by atoms with E-state index >= 15 is 0 Å². The van der Waals surface area contributed by atoms with E-state index in [1.54, 1.807) is 32.9 Å². The van der Waals surface area contributed by atoms with Crippen molar-refractivity contribution in [3.63, 3.8) is 0 Å². The lowest BCUT2D eigenvalue weighted by atomic mass is 9.43. The first-order valence-electron chi connectivity index (χ1n) is 12.8. The van der Waals surface area contributed by atoms with Crippen LogP contribution in [0.1, 0.15) is 70.3 Å². The summed E-state index contributed by atoms with van der Waals surface area (Å²) in [7, 11) is 0.783. The summed E-state index contributed by atoms with van der Waals surface area (Å²) in [5.41, 5.74) is 8.69. The number of ether oxygens (including phenoxy) is 2. The molecule has 1 saturated heterocycles. The third kappa shape index (κ3) is 5.17. The van der Waals surface area contributed by atoms with Crippen LogP contribution in [0.25, 0.3) is 10.4 Å². The van der Waals surface area contributed by atoms with Gasteiger partial charge in [-0.2, -0.15) is 0 Å². The fourth-order valence-corrected chi connectivity index (χ4v) is 6.35. The quantitative estimate of drug-likeness (QED) is 0.182. The number of carbonyl (C=O) groups excluding carboxylic acids is 2. The molecule has 0 radical (unpaired) electrons. The van der Waals surface area contributed by atoms with E-state index in [0.29, 0.717) is 28.7 Å². The van der Waals surface area contributed by atoms with Crippen LogP contribution >= 0.6 is 0 Å². The highest BCUT2D eigenvalue weighted by Crippen LogP contribution is 2.65. The summed E-state index contributed by atoms with van der Waals surface area (Å²) in [4.78, 5) is 28.2. The molecule has 5 atom stereocenters. The smallest absolute Gasteiger partial charge is 0.482 e. The average Bonchev–Trinajstić information content (AvgIpc) is 3.18. The first-order valence-corrected chi connectivity index (χ1v) is 12.8. The number of azide groups is 1. The Bertz CT molecular complexity index is 1110. The van der Waals surface area contributed by atoms with Crippen LogP contribution in [0.2, 0.25) is 0 Å². The minimum Gasteiger partial charge on any atom is -0.496 e. The summed E-state index contributed by atoms with van der Waals surface area (Å²) < 4.78 is 24.3. The number of para-hydroxylation sites is 1. The normalized spacial score (nSPS) is 28.3. The van der Waals surface area contributed by atoms with Gasteiger partial charge in [-0.05, 0) is 81.4 Å². The fraction of sp³-hybridized carbons (Fsp3) is 0.692. The van der Waals surface area contributed by atoms with Crippen molar-refractivity contribution in [2.45, 2.75) is 84.1 Å². The number of hydrogen-bond donors (Lipinski definition) is 1. The molecule has 2 bridgehead atoms. The van der Waals surface area contributed by atoms with Gasteiger partial charge in [0.25, 0.3) is 0 Å². The van der Waals surface area contributed by atoms with Crippen molar-refractivity contribution in [3.05, 3.63) is 39.8 Å². The Morgan fingerprint density at radius 2 is 2.03 bits per heavy atom. The summed E-state index contributed by atoms with van der Waals surface area (Å²) in [6.07, 6.45) is 2.22. The Kier molecular flexibility index (Phi) is 7.27. The van der Waals surface area contributed by atoms with Crippen LogP contribution in [0.3, 0.4) is 0 Å². The largest absolute Gasteiger partial charge is 0.496 e. The van der Waals surface area contributed by atoms with Crippen molar-refractivity contribution in [1.29, 1.82) is 0 Å². The molecule has 1 heterocycles. The molecule has 11 heteroatoms. The zero-order valence-electron chi connectivity index (χ0n) is 22.7. The van der Waals surface area contributed by atoms with Crippen LogP contribution in [0.15, 0.2) is 23.3 Å². The summed E-state index contributed by atoms with van der Waals surface area (Å²) in [5, 5.41) is 6.32. The average molecular weight is 512 g/mol. The Balaban J connectivity index is 1.62. The number of nitrogens with zero attached hydrogens (tertiary/aromatic N) is 3. The number of amides is 1. The topological polar surface area (TPSA) is 132 Å². The van der Waals surface area contributed by atoms with Crippen molar-refractivity contribution in [1.82, 2.24) is 5.32 Å². The molecule has 1 aromatic rings. The molecule has 5 rings (SSSR count). The van der Waals surface area contributed by atoms with Crippen LogP contribution in [0.4, 0.5) is 0 Å². The maximum Gasteiger partial charge on any atom is 0.482 e. The second-order valence-electron chi connectivity index (χ2n) is 12.1. The zero-order chi connectivity index (χ0) is 27.2. The lowest BCUT2D eigenvalue weighted by molar-refractivity contribution is -0.199. The minimum absolute atomic E-state index is 0.0687. The van der Waals surface area contributed by atoms with Gasteiger partial charge in [-0.1, -0.05) is 31.1 Å². The van der Waals surface area contributed by atoms with Crippen molar-refractivity contribution >= 4 is 19.0 Å². The highest BCUT2D eigenvalue weighted by atomic mass is 16.7. The van der Waals surface area contributed by atoms with Gasteiger partial charge in [-0.15, -0.1) is 0 Å². The third-order valence-electron chi connectivity index (χ3n) is 8.28. The molecular formula is C26H37BN4O6. The first-order chi connectivity index (χ1) is 17.3. The molecule has 3 saturated carbocycles. The molecule has 1 aliphatic heterocycles. The van der Waals surface area contributed by atoms with Gasteiger partial charge in [0.15, 0.2) is 0 Å². The van der Waals surface area contributed by atoms with Gasteiger partial charge in [0.05, 0.1) is 24.8 Å². The number of rotatable bonds is 8. The van der Waals surface area contributed by atoms with Crippen LogP contribution < -0.4 is 10.1 Å². The number of benzene rings is 1. The number of esters is 1. The van der Waals surface area contributed by atoms with Crippen molar-refractivity contribution in [3.8, 4) is 5.75 Å². The second kappa shape index (κ2) is 9.85. The number of carbonyl (C=O) groups is 2. The van der Waals surface area contributed by atoms with Gasteiger partial charge in [-0.3, -0.25) is 4.79 Å². The Hall–Kier alpha value is -2.75. The summed E-state index contributed by atoms with van der Waals surface area (Å²) >= 11 is 0.